The van der Waals surface area contributed by atoms with Gasteiger partial charge in [0.1, 0.15) is 0 Å². The maximum Gasteiger partial charge on any atom is 0.0172 e. The van der Waals surface area contributed by atoms with E-state index in [-0.39, 0.29) is 0 Å². The van der Waals surface area contributed by atoms with Crippen molar-refractivity contribution in [2.75, 3.05) is 13.1 Å². The van der Waals surface area contributed by atoms with Crippen LogP contribution in [0.3, 0.4) is 0 Å². The molecule has 1 aliphatic heterocycles. The second-order valence-electron chi connectivity index (χ2n) is 4.17. The molecule has 1 aromatic carbocycles. The molecule has 0 amide bonds. The molecule has 1 aliphatic rings. The van der Waals surface area contributed by atoms with Crippen LogP contribution in [0.2, 0.25) is 0 Å². The van der Waals surface area contributed by atoms with Crippen LogP contribution in [0.25, 0.3) is 0 Å². The van der Waals surface area contributed by atoms with Gasteiger partial charge < -0.3 is 4.90 Å². The number of piperidine rings is 1. The van der Waals surface area contributed by atoms with E-state index >= 15 is 0 Å². The summed E-state index contributed by atoms with van der Waals surface area (Å²) in [6.45, 7) is 2.48. The number of hydrogen-bond acceptors (Lipinski definition) is 1. The molecule has 2 rings (SSSR count). The lowest BCUT2D eigenvalue weighted by Crippen LogP contribution is -2.24. The Balaban J connectivity index is 1.79. The van der Waals surface area contributed by atoms with Gasteiger partial charge in [-0.25, -0.2) is 0 Å². The lowest BCUT2D eigenvalue weighted by Gasteiger charge is -2.24. The second kappa shape index (κ2) is 5.59. The van der Waals surface area contributed by atoms with E-state index < -0.39 is 0 Å². The zero-order valence-corrected chi connectivity index (χ0v) is 9.23. The third kappa shape index (κ3) is 3.43. The first-order valence-electron chi connectivity index (χ1n) is 5.90. The highest BCUT2D eigenvalue weighted by atomic mass is 15.1. The molecule has 1 fully saturated rings. The van der Waals surface area contributed by atoms with Crippen LogP contribution in [0.15, 0.2) is 42.6 Å². The largest absolute Gasteiger partial charge is 0.378 e. The summed E-state index contributed by atoms with van der Waals surface area (Å²) in [5.41, 5.74) is 1.39. The molecule has 1 saturated heterocycles. The zero-order valence-electron chi connectivity index (χ0n) is 9.23. The fraction of sp³-hybridized carbons (Fsp3) is 0.429. The summed E-state index contributed by atoms with van der Waals surface area (Å²) in [6, 6.07) is 10.6. The van der Waals surface area contributed by atoms with Crippen molar-refractivity contribution < 1.29 is 0 Å². The van der Waals surface area contributed by atoms with E-state index in [0.29, 0.717) is 0 Å². The van der Waals surface area contributed by atoms with Crippen molar-refractivity contribution in [2.45, 2.75) is 25.7 Å². The molecule has 1 heteroatoms. The van der Waals surface area contributed by atoms with Crippen molar-refractivity contribution in [1.82, 2.24) is 4.90 Å². The molecule has 15 heavy (non-hydrogen) atoms. The van der Waals surface area contributed by atoms with Crippen LogP contribution in [-0.4, -0.2) is 18.0 Å². The van der Waals surface area contributed by atoms with Crippen molar-refractivity contribution in [2.24, 2.45) is 0 Å². The number of rotatable bonds is 3. The fourth-order valence-corrected chi connectivity index (χ4v) is 2.02. The molecule has 0 aliphatic carbocycles. The van der Waals surface area contributed by atoms with Gasteiger partial charge in [-0.2, -0.15) is 0 Å². The first-order valence-corrected chi connectivity index (χ1v) is 5.90. The first-order chi connectivity index (χ1) is 7.45. The van der Waals surface area contributed by atoms with Gasteiger partial charge >= 0.3 is 0 Å². The zero-order chi connectivity index (χ0) is 10.3. The van der Waals surface area contributed by atoms with Gasteiger partial charge in [-0.05, 0) is 37.4 Å². The SMILES string of the molecule is C(=CN1CCCCC1)Cc1ccccc1. The molecule has 0 atom stereocenters. The molecule has 0 N–H and O–H groups in total. The predicted octanol–water partition coefficient (Wildman–Crippen LogP) is 3.23. The monoisotopic (exact) mass is 201 g/mol. The third-order valence-corrected chi connectivity index (χ3v) is 2.90. The van der Waals surface area contributed by atoms with Crippen molar-refractivity contribution >= 4 is 0 Å². The number of benzene rings is 1. The van der Waals surface area contributed by atoms with E-state index in [9.17, 15) is 0 Å². The van der Waals surface area contributed by atoms with Crippen LogP contribution in [-0.2, 0) is 6.42 Å². The van der Waals surface area contributed by atoms with E-state index in [2.05, 4.69) is 47.5 Å². The van der Waals surface area contributed by atoms with Crippen LogP contribution >= 0.6 is 0 Å². The van der Waals surface area contributed by atoms with Gasteiger partial charge in [0.05, 0.1) is 0 Å². The quantitative estimate of drug-likeness (QED) is 0.725. The van der Waals surface area contributed by atoms with Crippen LogP contribution in [0.1, 0.15) is 24.8 Å². The standard InChI is InChI=1S/C14H19N/c1-3-8-14(9-4-1)10-7-13-15-11-5-2-6-12-15/h1,3-4,7-9,13H,2,5-6,10-12H2. The summed E-state index contributed by atoms with van der Waals surface area (Å²) >= 11 is 0. The summed E-state index contributed by atoms with van der Waals surface area (Å²) in [6.07, 6.45) is 9.72. The average Bonchev–Trinajstić information content (AvgIpc) is 2.32. The molecule has 0 saturated carbocycles. The highest BCUT2D eigenvalue weighted by molar-refractivity contribution is 5.17. The summed E-state index contributed by atoms with van der Waals surface area (Å²) in [7, 11) is 0. The Morgan fingerprint density at radius 3 is 2.47 bits per heavy atom. The molecular weight excluding hydrogens is 182 g/mol. The predicted molar refractivity (Wildman–Crippen MR) is 64.7 cm³/mol. The Hall–Kier alpha value is -1.24. The lowest BCUT2D eigenvalue weighted by atomic mass is 10.1. The first kappa shape index (κ1) is 10.3. The molecule has 0 aromatic heterocycles. The minimum absolute atomic E-state index is 1.05. The van der Waals surface area contributed by atoms with E-state index in [1.807, 2.05) is 0 Å². The fourth-order valence-electron chi connectivity index (χ4n) is 2.02. The van der Waals surface area contributed by atoms with Crippen molar-refractivity contribution in [1.29, 1.82) is 0 Å². The summed E-state index contributed by atoms with van der Waals surface area (Å²) in [5, 5.41) is 0. The van der Waals surface area contributed by atoms with E-state index in [0.717, 1.165) is 6.42 Å². The Morgan fingerprint density at radius 1 is 1.00 bits per heavy atom. The molecule has 1 heterocycles. The number of nitrogens with zero attached hydrogens (tertiary/aromatic N) is 1. The van der Waals surface area contributed by atoms with Gasteiger partial charge in [0.2, 0.25) is 0 Å². The van der Waals surface area contributed by atoms with Gasteiger partial charge in [-0.15, -0.1) is 0 Å². The normalized spacial score (nSPS) is 17.2. The minimum atomic E-state index is 1.05. The van der Waals surface area contributed by atoms with E-state index in [1.54, 1.807) is 0 Å². The maximum absolute atomic E-state index is 2.44. The molecule has 0 radical (unpaired) electrons. The van der Waals surface area contributed by atoms with Gasteiger partial charge in [-0.3, -0.25) is 0 Å². The van der Waals surface area contributed by atoms with Crippen LogP contribution in [0, 0.1) is 0 Å². The number of hydrogen-bond donors (Lipinski definition) is 0. The minimum Gasteiger partial charge on any atom is -0.378 e. The Morgan fingerprint density at radius 2 is 1.73 bits per heavy atom. The highest BCUT2D eigenvalue weighted by Crippen LogP contribution is 2.09. The summed E-state index contributed by atoms with van der Waals surface area (Å²) in [4.78, 5) is 2.44. The molecule has 0 spiro atoms. The second-order valence-corrected chi connectivity index (χ2v) is 4.17. The van der Waals surface area contributed by atoms with Crippen LogP contribution in [0.4, 0.5) is 0 Å². The number of allylic oxidation sites excluding steroid dienone is 1. The summed E-state index contributed by atoms with van der Waals surface area (Å²) < 4.78 is 0. The molecule has 80 valence electrons. The molecule has 0 unspecified atom stereocenters. The van der Waals surface area contributed by atoms with Crippen molar-refractivity contribution in [3.63, 3.8) is 0 Å². The van der Waals surface area contributed by atoms with E-state index in [1.165, 1.54) is 37.9 Å². The van der Waals surface area contributed by atoms with Crippen molar-refractivity contribution in [3.05, 3.63) is 48.2 Å². The van der Waals surface area contributed by atoms with E-state index in [4.69, 9.17) is 0 Å². The van der Waals surface area contributed by atoms with Gasteiger partial charge in [-0.1, -0.05) is 36.4 Å². The highest BCUT2D eigenvalue weighted by Gasteiger charge is 2.04. The molecule has 0 bridgehead atoms. The third-order valence-electron chi connectivity index (χ3n) is 2.90. The summed E-state index contributed by atoms with van der Waals surface area (Å²) in [5.74, 6) is 0. The van der Waals surface area contributed by atoms with Crippen LogP contribution in [0.5, 0.6) is 0 Å². The molecule has 1 nitrogen and oxygen atoms in total. The molecular formula is C14H19N. The topological polar surface area (TPSA) is 3.24 Å². The maximum atomic E-state index is 2.44. The van der Waals surface area contributed by atoms with Crippen LogP contribution < -0.4 is 0 Å². The Kier molecular flexibility index (Phi) is 3.84. The van der Waals surface area contributed by atoms with Crippen molar-refractivity contribution in [3.8, 4) is 0 Å². The average molecular weight is 201 g/mol. The number of likely N-dealkylation sites (tertiary alicyclic amines) is 1. The Labute approximate surface area is 92.4 Å². The van der Waals surface area contributed by atoms with Gasteiger partial charge in [0.15, 0.2) is 0 Å². The Bertz CT molecular complexity index is 296. The lowest BCUT2D eigenvalue weighted by molar-refractivity contribution is 0.309. The molecule has 1 aromatic rings. The van der Waals surface area contributed by atoms with Gasteiger partial charge in [0, 0.05) is 13.1 Å². The smallest absolute Gasteiger partial charge is 0.0172 e. The van der Waals surface area contributed by atoms with Gasteiger partial charge in [0.25, 0.3) is 0 Å².